The Morgan fingerprint density at radius 2 is 1.63 bits per heavy atom. The zero-order valence-electron chi connectivity index (χ0n) is 21.9. The Balaban J connectivity index is 1.28. The maximum absolute atomic E-state index is 13.8. The normalized spacial score (nSPS) is 15.0. The van der Waals surface area contributed by atoms with Gasteiger partial charge in [-0.3, -0.25) is 9.69 Å². The molecule has 1 fully saturated rings. The van der Waals surface area contributed by atoms with Crippen LogP contribution in [0.4, 0.5) is 0 Å². The van der Waals surface area contributed by atoms with Crippen LogP contribution in [0.5, 0.6) is 0 Å². The number of nitrogens with zero attached hydrogens (tertiary/aromatic N) is 3. The summed E-state index contributed by atoms with van der Waals surface area (Å²) in [5.41, 5.74) is 2.64. The molecule has 2 heterocycles. The summed E-state index contributed by atoms with van der Waals surface area (Å²) in [5, 5.41) is 2.35. The number of imidazole rings is 1. The summed E-state index contributed by atoms with van der Waals surface area (Å²) in [6.07, 6.45) is 5.18. The molecule has 1 aromatic heterocycles. The predicted octanol–water partition coefficient (Wildman–Crippen LogP) is 5.71. The molecule has 1 aliphatic heterocycles. The van der Waals surface area contributed by atoms with Gasteiger partial charge in [0.25, 0.3) is 0 Å². The largest absolute Gasteiger partial charge is 0.334 e. The molecule has 5 heteroatoms. The summed E-state index contributed by atoms with van der Waals surface area (Å²) in [4.78, 5) is 25.7. The van der Waals surface area contributed by atoms with Gasteiger partial charge in [0.05, 0.1) is 12.2 Å². The molecule has 1 unspecified atom stereocenters. The summed E-state index contributed by atoms with van der Waals surface area (Å²) in [5.74, 6) is 12.8. The lowest BCUT2D eigenvalue weighted by atomic mass is 10.00. The van der Waals surface area contributed by atoms with Gasteiger partial charge in [0, 0.05) is 12.6 Å². The van der Waals surface area contributed by atoms with Crippen molar-refractivity contribution in [2.45, 2.75) is 38.3 Å². The fourth-order valence-electron chi connectivity index (χ4n) is 4.97. The number of H-pyrrole nitrogens is 1. The summed E-state index contributed by atoms with van der Waals surface area (Å²) < 4.78 is 0. The van der Waals surface area contributed by atoms with Crippen molar-refractivity contribution >= 4 is 16.7 Å². The Kier molecular flexibility index (Phi) is 7.88. The van der Waals surface area contributed by atoms with Gasteiger partial charge >= 0.3 is 0 Å². The number of piperidine rings is 1. The van der Waals surface area contributed by atoms with Gasteiger partial charge < -0.3 is 9.88 Å². The maximum Gasteiger partial charge on any atom is 0.244 e. The number of amides is 1. The van der Waals surface area contributed by atoms with Gasteiger partial charge in [-0.15, -0.1) is 0 Å². The highest BCUT2D eigenvalue weighted by Crippen LogP contribution is 2.29. The van der Waals surface area contributed by atoms with Crippen LogP contribution in [-0.2, 0) is 4.79 Å². The van der Waals surface area contributed by atoms with Crippen LogP contribution in [0.1, 0.15) is 60.9 Å². The number of likely N-dealkylation sites (N-methyl/N-ethyl adjacent to an activating group) is 1. The molecule has 2 atom stereocenters. The quantitative estimate of drug-likeness (QED) is 0.357. The fourth-order valence-corrected chi connectivity index (χ4v) is 4.97. The third-order valence-electron chi connectivity index (χ3n) is 7.24. The third-order valence-corrected chi connectivity index (χ3v) is 7.24. The van der Waals surface area contributed by atoms with E-state index in [1.807, 2.05) is 50.4 Å². The third kappa shape index (κ3) is 5.80. The molecule has 1 N–H and O–H groups in total. The number of carbonyl (C=O) groups is 1. The van der Waals surface area contributed by atoms with E-state index < -0.39 is 0 Å². The lowest BCUT2D eigenvalue weighted by molar-refractivity contribution is -0.138. The summed E-state index contributed by atoms with van der Waals surface area (Å²) in [6, 6.07) is 24.0. The SMILES string of the molecule is C[C@@H](c1ncc(C#CC#Cc2ccc3ccccc3c2)[nH]1)N(C)C(=O)C(c1ccccc1)N1CCCCC1. The first-order valence-electron chi connectivity index (χ1n) is 13.2. The van der Waals surface area contributed by atoms with Crippen molar-refractivity contribution in [1.82, 2.24) is 19.8 Å². The highest BCUT2D eigenvalue weighted by atomic mass is 16.2. The molecule has 3 aromatic carbocycles. The first kappa shape index (κ1) is 25.3. The minimum absolute atomic E-state index is 0.0795. The average Bonchev–Trinajstić information content (AvgIpc) is 3.45. The number of carbonyl (C=O) groups excluding carboxylic acids is 1. The lowest BCUT2D eigenvalue weighted by Gasteiger charge is -2.37. The van der Waals surface area contributed by atoms with E-state index in [0.717, 1.165) is 42.4 Å². The predicted molar refractivity (Wildman–Crippen MR) is 152 cm³/mol. The molecular formula is C33H32N4O. The van der Waals surface area contributed by atoms with Crippen LogP contribution in [0.15, 0.2) is 79.0 Å². The molecule has 1 aliphatic rings. The fraction of sp³-hybridized carbons (Fsp3) is 0.273. The number of benzene rings is 3. The molecule has 190 valence electrons. The van der Waals surface area contributed by atoms with Crippen LogP contribution in [0.3, 0.4) is 0 Å². The van der Waals surface area contributed by atoms with E-state index in [1.54, 1.807) is 11.1 Å². The maximum atomic E-state index is 13.8. The van der Waals surface area contributed by atoms with E-state index in [-0.39, 0.29) is 18.0 Å². The van der Waals surface area contributed by atoms with E-state index in [4.69, 9.17) is 0 Å². The van der Waals surface area contributed by atoms with E-state index >= 15 is 0 Å². The van der Waals surface area contributed by atoms with Crippen LogP contribution in [0.25, 0.3) is 10.8 Å². The Hall–Kier alpha value is -4.32. The van der Waals surface area contributed by atoms with Crippen molar-refractivity contribution in [2.75, 3.05) is 20.1 Å². The number of nitrogens with one attached hydrogen (secondary N) is 1. The second-order valence-corrected chi connectivity index (χ2v) is 9.78. The van der Waals surface area contributed by atoms with Crippen LogP contribution in [0, 0.1) is 23.7 Å². The lowest BCUT2D eigenvalue weighted by Crippen LogP contribution is -2.44. The first-order valence-corrected chi connectivity index (χ1v) is 13.2. The minimum Gasteiger partial charge on any atom is -0.334 e. The molecule has 38 heavy (non-hydrogen) atoms. The van der Waals surface area contributed by atoms with Gasteiger partial charge in [0.1, 0.15) is 17.6 Å². The van der Waals surface area contributed by atoms with Crippen molar-refractivity contribution < 1.29 is 4.79 Å². The zero-order chi connectivity index (χ0) is 26.3. The zero-order valence-corrected chi connectivity index (χ0v) is 21.9. The van der Waals surface area contributed by atoms with Crippen molar-refractivity contribution in [3.63, 3.8) is 0 Å². The molecule has 0 spiro atoms. The Morgan fingerprint density at radius 3 is 2.42 bits per heavy atom. The highest BCUT2D eigenvalue weighted by molar-refractivity contribution is 5.84. The standard InChI is InChI=1S/C33H32N4O/c1-25(36(2)33(38)31(28-15-5-3-6-16-28)37-21-11-4-12-22-37)32-34-24-30(35-32)18-10-7-13-26-19-20-27-14-8-9-17-29(27)23-26/h3,5-6,8-9,14-17,19-20,23-25,31H,4,11-12,21-22H2,1-2H3,(H,34,35)/t25-,31?/m0/s1. The van der Waals surface area contributed by atoms with Crippen molar-refractivity contribution in [2.24, 2.45) is 0 Å². The highest BCUT2D eigenvalue weighted by Gasteiger charge is 2.33. The molecule has 5 nitrogen and oxygen atoms in total. The topological polar surface area (TPSA) is 52.2 Å². The number of fused-ring (bicyclic) bond motifs is 1. The first-order chi connectivity index (χ1) is 18.6. The molecule has 4 aromatic rings. The molecule has 0 saturated carbocycles. The van der Waals surface area contributed by atoms with Gasteiger partial charge in [-0.2, -0.15) is 0 Å². The molecule has 1 amide bonds. The molecule has 5 rings (SSSR count). The van der Waals surface area contributed by atoms with Crippen LogP contribution in [-0.4, -0.2) is 45.8 Å². The van der Waals surface area contributed by atoms with Crippen molar-refractivity contribution in [3.8, 4) is 23.7 Å². The molecule has 0 bridgehead atoms. The average molecular weight is 501 g/mol. The van der Waals surface area contributed by atoms with Crippen LogP contribution >= 0.6 is 0 Å². The summed E-state index contributed by atoms with van der Waals surface area (Å²) in [7, 11) is 1.86. The van der Waals surface area contributed by atoms with E-state index in [1.165, 1.54) is 11.8 Å². The van der Waals surface area contributed by atoms with Crippen molar-refractivity contribution in [1.29, 1.82) is 0 Å². The summed E-state index contributed by atoms with van der Waals surface area (Å²) in [6.45, 7) is 3.87. The van der Waals surface area contributed by atoms with Gasteiger partial charge in [-0.25, -0.2) is 4.98 Å². The second-order valence-electron chi connectivity index (χ2n) is 9.78. The number of aromatic amines is 1. The molecule has 1 saturated heterocycles. The molecular weight excluding hydrogens is 468 g/mol. The number of hydrogen-bond acceptors (Lipinski definition) is 3. The monoisotopic (exact) mass is 500 g/mol. The van der Waals surface area contributed by atoms with Gasteiger partial charge in [0.15, 0.2) is 0 Å². The van der Waals surface area contributed by atoms with E-state index in [0.29, 0.717) is 11.5 Å². The van der Waals surface area contributed by atoms with E-state index in [2.05, 4.69) is 74.9 Å². The van der Waals surface area contributed by atoms with Crippen molar-refractivity contribution in [3.05, 3.63) is 102 Å². The van der Waals surface area contributed by atoms with Gasteiger partial charge in [-0.05, 0) is 79.1 Å². The van der Waals surface area contributed by atoms with Gasteiger partial charge in [0.2, 0.25) is 5.91 Å². The minimum atomic E-state index is -0.288. The summed E-state index contributed by atoms with van der Waals surface area (Å²) >= 11 is 0. The number of rotatable bonds is 5. The van der Waals surface area contributed by atoms with Gasteiger partial charge in [-0.1, -0.05) is 73.0 Å². The molecule has 0 radical (unpaired) electrons. The van der Waals surface area contributed by atoms with Crippen LogP contribution < -0.4 is 0 Å². The Labute approximate surface area is 224 Å². The molecule has 0 aliphatic carbocycles. The smallest absolute Gasteiger partial charge is 0.244 e. The number of aromatic nitrogens is 2. The van der Waals surface area contributed by atoms with Crippen LogP contribution in [0.2, 0.25) is 0 Å². The second kappa shape index (κ2) is 11.8. The Morgan fingerprint density at radius 1 is 0.921 bits per heavy atom. The Bertz CT molecular complexity index is 1530. The number of hydrogen-bond donors (Lipinski definition) is 1. The van der Waals surface area contributed by atoms with E-state index in [9.17, 15) is 4.79 Å². The number of likely N-dealkylation sites (tertiary alicyclic amines) is 1.